The van der Waals surface area contributed by atoms with Gasteiger partial charge in [-0.2, -0.15) is 10.4 Å². The van der Waals surface area contributed by atoms with Crippen molar-refractivity contribution in [2.24, 2.45) is 0 Å². The highest BCUT2D eigenvalue weighted by molar-refractivity contribution is 6.05. The van der Waals surface area contributed by atoms with E-state index in [1.54, 1.807) is 11.6 Å². The third-order valence-corrected chi connectivity index (χ3v) is 5.57. The molecule has 9 heteroatoms. The summed E-state index contributed by atoms with van der Waals surface area (Å²) in [5, 5.41) is 18.1. The quantitative estimate of drug-likeness (QED) is 0.707. The van der Waals surface area contributed by atoms with Crippen LogP contribution in [0, 0.1) is 24.1 Å². The summed E-state index contributed by atoms with van der Waals surface area (Å²) in [6.45, 7) is 5.37. The molecule has 8 nitrogen and oxygen atoms in total. The molecule has 2 amide bonds. The molecule has 1 aliphatic rings. The van der Waals surface area contributed by atoms with Gasteiger partial charge in [0.2, 0.25) is 5.91 Å². The molecule has 2 N–H and O–H groups in total. The predicted octanol–water partition coefficient (Wildman–Crippen LogP) is 3.31. The summed E-state index contributed by atoms with van der Waals surface area (Å²) in [6.07, 6.45) is 5.00. The number of nitriles is 1. The van der Waals surface area contributed by atoms with Crippen molar-refractivity contribution in [3.63, 3.8) is 0 Å². The van der Waals surface area contributed by atoms with Crippen molar-refractivity contribution in [2.75, 3.05) is 23.7 Å². The lowest BCUT2D eigenvalue weighted by atomic mass is 10.0. The molecule has 0 aliphatic carbocycles. The molecule has 3 rings (SSSR count). The van der Waals surface area contributed by atoms with Crippen molar-refractivity contribution >= 4 is 23.2 Å². The third kappa shape index (κ3) is 5.67. The fourth-order valence-electron chi connectivity index (χ4n) is 3.72. The number of carbonyl (C=O) groups is 2. The predicted molar refractivity (Wildman–Crippen MR) is 115 cm³/mol. The highest BCUT2D eigenvalue weighted by atomic mass is 19.1. The van der Waals surface area contributed by atoms with Crippen molar-refractivity contribution in [2.45, 2.75) is 52.1 Å². The van der Waals surface area contributed by atoms with Crippen molar-refractivity contribution in [1.82, 2.24) is 14.7 Å². The number of hydrogen-bond donors (Lipinski definition) is 2. The van der Waals surface area contributed by atoms with Crippen LogP contribution in [0.25, 0.3) is 0 Å². The van der Waals surface area contributed by atoms with Gasteiger partial charge in [-0.1, -0.05) is 6.42 Å². The molecular weight excluding hydrogens is 399 g/mol. The van der Waals surface area contributed by atoms with Gasteiger partial charge in [0.25, 0.3) is 5.91 Å². The maximum absolute atomic E-state index is 14.3. The molecule has 0 bridgehead atoms. The van der Waals surface area contributed by atoms with E-state index in [4.69, 9.17) is 5.26 Å². The topological polar surface area (TPSA) is 103 Å². The van der Waals surface area contributed by atoms with E-state index < -0.39 is 11.7 Å². The largest absolute Gasteiger partial charge is 0.325 e. The van der Waals surface area contributed by atoms with Gasteiger partial charge in [0.15, 0.2) is 0 Å². The lowest BCUT2D eigenvalue weighted by Gasteiger charge is -2.32. The molecule has 1 saturated heterocycles. The van der Waals surface area contributed by atoms with E-state index in [9.17, 15) is 14.0 Å². The highest BCUT2D eigenvalue weighted by Gasteiger charge is 2.21. The minimum Gasteiger partial charge on any atom is -0.325 e. The maximum atomic E-state index is 14.3. The summed E-state index contributed by atoms with van der Waals surface area (Å²) in [7, 11) is 0. The average molecular weight is 426 g/mol. The number of amides is 2. The number of nitrogens with zero attached hydrogens (tertiary/aromatic N) is 4. The molecule has 2 aromatic rings. The van der Waals surface area contributed by atoms with Crippen LogP contribution in [0.4, 0.5) is 15.8 Å². The van der Waals surface area contributed by atoms with E-state index in [0.717, 1.165) is 19.4 Å². The summed E-state index contributed by atoms with van der Waals surface area (Å²) < 4.78 is 15.8. The smallest absolute Gasteiger partial charge is 0.259 e. The Morgan fingerprint density at radius 1 is 1.32 bits per heavy atom. The highest BCUT2D eigenvalue weighted by Crippen LogP contribution is 2.22. The second kappa shape index (κ2) is 10.2. The van der Waals surface area contributed by atoms with Crippen LogP contribution >= 0.6 is 0 Å². The number of nitrogens with one attached hydrogen (secondary N) is 2. The van der Waals surface area contributed by atoms with E-state index in [2.05, 4.69) is 27.6 Å². The molecule has 0 spiro atoms. The molecule has 1 unspecified atom stereocenters. The van der Waals surface area contributed by atoms with Gasteiger partial charge < -0.3 is 10.6 Å². The van der Waals surface area contributed by atoms with Crippen LogP contribution in [-0.4, -0.2) is 45.6 Å². The molecule has 1 aromatic carbocycles. The molecule has 31 heavy (non-hydrogen) atoms. The van der Waals surface area contributed by atoms with Gasteiger partial charge in [0, 0.05) is 17.4 Å². The van der Waals surface area contributed by atoms with Gasteiger partial charge in [0.1, 0.15) is 5.82 Å². The van der Waals surface area contributed by atoms with Gasteiger partial charge in [0.05, 0.1) is 43.0 Å². The van der Waals surface area contributed by atoms with Crippen LogP contribution in [0.1, 0.15) is 48.7 Å². The van der Waals surface area contributed by atoms with Crippen LogP contribution in [0.3, 0.4) is 0 Å². The zero-order valence-electron chi connectivity index (χ0n) is 17.8. The summed E-state index contributed by atoms with van der Waals surface area (Å²) >= 11 is 0. The number of carbonyl (C=O) groups excluding carboxylic acids is 2. The van der Waals surface area contributed by atoms with Gasteiger partial charge in [-0.05, 0) is 51.4 Å². The summed E-state index contributed by atoms with van der Waals surface area (Å²) in [4.78, 5) is 27.2. The first-order valence-electron chi connectivity index (χ1n) is 10.4. The molecule has 2 heterocycles. The second-order valence-corrected chi connectivity index (χ2v) is 7.79. The van der Waals surface area contributed by atoms with E-state index in [0.29, 0.717) is 29.5 Å². The maximum Gasteiger partial charge on any atom is 0.259 e. The molecule has 1 aromatic heterocycles. The van der Waals surface area contributed by atoms with Crippen LogP contribution in [-0.2, 0) is 11.3 Å². The number of benzene rings is 1. The summed E-state index contributed by atoms with van der Waals surface area (Å²) in [5.74, 6) is -1.29. The number of hydrogen-bond acceptors (Lipinski definition) is 5. The van der Waals surface area contributed by atoms with Crippen molar-refractivity contribution in [1.29, 1.82) is 5.26 Å². The first-order valence-corrected chi connectivity index (χ1v) is 10.4. The lowest BCUT2D eigenvalue weighted by Crippen LogP contribution is -2.42. The Labute approximate surface area is 181 Å². The van der Waals surface area contributed by atoms with Crippen LogP contribution in [0.2, 0.25) is 0 Å². The van der Waals surface area contributed by atoms with Crippen LogP contribution in [0.15, 0.2) is 24.4 Å². The van der Waals surface area contributed by atoms with Crippen molar-refractivity contribution in [3.8, 4) is 6.07 Å². The van der Waals surface area contributed by atoms with Crippen molar-refractivity contribution < 1.29 is 14.0 Å². The Kier molecular flexibility index (Phi) is 7.36. The molecular formula is C22H27FN6O2. The Bertz CT molecular complexity index is 996. The molecule has 1 atom stereocenters. The van der Waals surface area contributed by atoms with Gasteiger partial charge >= 0.3 is 0 Å². The van der Waals surface area contributed by atoms with Crippen LogP contribution in [0.5, 0.6) is 0 Å². The number of aromatic nitrogens is 2. The Morgan fingerprint density at radius 2 is 2.13 bits per heavy atom. The first-order chi connectivity index (χ1) is 14.9. The van der Waals surface area contributed by atoms with Gasteiger partial charge in [-0.15, -0.1) is 0 Å². The normalized spacial score (nSPS) is 16.5. The minimum atomic E-state index is -0.606. The zero-order chi connectivity index (χ0) is 22.4. The Balaban J connectivity index is 1.65. The van der Waals surface area contributed by atoms with Gasteiger partial charge in [-0.25, -0.2) is 4.39 Å². The first kappa shape index (κ1) is 22.4. The Hall–Kier alpha value is -3.25. The molecule has 1 fully saturated rings. The standard InChI is InChI=1S/C22H27FN6O2/c1-15-6-3-4-10-28(15)14-21(30)26-17-7-8-19(23)20(12-17)27-22(31)18-13-25-29(16(18)2)11-5-9-24/h7-8,12-13,15H,3-6,10-11,14H2,1-2H3,(H,26,30)(H,27,31). The molecule has 1 aliphatic heterocycles. The number of anilines is 2. The fourth-order valence-corrected chi connectivity index (χ4v) is 3.72. The van der Waals surface area contributed by atoms with E-state index >= 15 is 0 Å². The molecule has 164 valence electrons. The third-order valence-electron chi connectivity index (χ3n) is 5.57. The molecule has 0 saturated carbocycles. The minimum absolute atomic E-state index is 0.0293. The number of piperidine rings is 1. The van der Waals surface area contributed by atoms with E-state index in [-0.39, 0.29) is 24.6 Å². The number of aryl methyl sites for hydroxylation is 1. The monoisotopic (exact) mass is 426 g/mol. The van der Waals surface area contributed by atoms with E-state index in [1.165, 1.54) is 30.8 Å². The summed E-state index contributed by atoms with van der Waals surface area (Å²) in [6, 6.07) is 6.47. The number of rotatable bonds is 7. The zero-order valence-corrected chi connectivity index (χ0v) is 17.8. The lowest BCUT2D eigenvalue weighted by molar-refractivity contribution is -0.118. The Morgan fingerprint density at radius 3 is 2.87 bits per heavy atom. The second-order valence-electron chi connectivity index (χ2n) is 7.79. The van der Waals surface area contributed by atoms with Gasteiger partial charge in [-0.3, -0.25) is 19.2 Å². The van der Waals surface area contributed by atoms with Crippen LogP contribution < -0.4 is 10.6 Å². The number of likely N-dealkylation sites (tertiary alicyclic amines) is 1. The summed E-state index contributed by atoms with van der Waals surface area (Å²) in [5.41, 5.74) is 1.27. The van der Waals surface area contributed by atoms with E-state index in [1.807, 2.05) is 6.07 Å². The number of halogens is 1. The fraction of sp³-hybridized carbons (Fsp3) is 0.455. The average Bonchev–Trinajstić information content (AvgIpc) is 3.11. The molecule has 0 radical (unpaired) electrons. The van der Waals surface area contributed by atoms with Crippen molar-refractivity contribution in [3.05, 3.63) is 41.5 Å². The SMILES string of the molecule is Cc1c(C(=O)Nc2cc(NC(=O)CN3CCCCC3C)ccc2F)cnn1CCC#N.